The van der Waals surface area contributed by atoms with E-state index in [0.29, 0.717) is 0 Å². The van der Waals surface area contributed by atoms with Crippen LogP contribution in [0.3, 0.4) is 0 Å². The van der Waals surface area contributed by atoms with E-state index in [9.17, 15) is 0 Å². The number of hydrogen-bond donors (Lipinski definition) is 0. The molecule has 1 heterocycles. The number of benzene rings is 1. The Bertz CT molecular complexity index is 557. The number of fused-ring (bicyclic) bond motifs is 2. The summed E-state index contributed by atoms with van der Waals surface area (Å²) >= 11 is 0. The zero-order valence-corrected chi connectivity index (χ0v) is 10.9. The van der Waals surface area contributed by atoms with Gasteiger partial charge in [0.05, 0.1) is 0 Å². The van der Waals surface area contributed by atoms with Crippen LogP contribution in [0.25, 0.3) is 6.08 Å². The van der Waals surface area contributed by atoms with Gasteiger partial charge in [0.15, 0.2) is 0 Å². The lowest BCUT2D eigenvalue weighted by atomic mass is 9.77. The van der Waals surface area contributed by atoms with Crippen molar-refractivity contribution in [3.05, 3.63) is 59.4 Å². The average molecular weight is 238 g/mol. The Morgan fingerprint density at radius 3 is 2.67 bits per heavy atom. The molecule has 92 valence electrons. The van der Waals surface area contributed by atoms with E-state index in [-0.39, 0.29) is 5.41 Å². The van der Waals surface area contributed by atoms with Gasteiger partial charge in [0, 0.05) is 16.6 Å². The van der Waals surface area contributed by atoms with Crippen LogP contribution in [0.4, 0.5) is 0 Å². The molecule has 1 aliphatic carbocycles. The first-order valence-corrected chi connectivity index (χ1v) is 6.67. The topological polar surface area (TPSA) is 9.23 Å². The maximum Gasteiger partial charge on any atom is 0.134 e. The Morgan fingerprint density at radius 1 is 1.11 bits per heavy atom. The van der Waals surface area contributed by atoms with Crippen molar-refractivity contribution in [1.29, 1.82) is 0 Å². The van der Waals surface area contributed by atoms with Crippen molar-refractivity contribution in [2.75, 3.05) is 0 Å². The van der Waals surface area contributed by atoms with Crippen LogP contribution in [-0.4, -0.2) is 0 Å². The van der Waals surface area contributed by atoms with Gasteiger partial charge in [-0.15, -0.1) is 0 Å². The number of para-hydroxylation sites is 1. The molecule has 0 radical (unpaired) electrons. The molecule has 1 nitrogen and oxygen atoms in total. The quantitative estimate of drug-likeness (QED) is 0.724. The van der Waals surface area contributed by atoms with Crippen molar-refractivity contribution in [2.45, 2.75) is 26.7 Å². The van der Waals surface area contributed by atoms with Gasteiger partial charge in [0.25, 0.3) is 0 Å². The molecule has 0 spiro atoms. The third kappa shape index (κ3) is 1.71. The van der Waals surface area contributed by atoms with Crippen LogP contribution in [0.15, 0.2) is 53.8 Å². The summed E-state index contributed by atoms with van der Waals surface area (Å²) in [5.74, 6) is 1.98. The van der Waals surface area contributed by atoms with Crippen LogP contribution in [0.5, 0.6) is 5.75 Å². The Kier molecular flexibility index (Phi) is 2.62. The molecule has 1 aromatic rings. The van der Waals surface area contributed by atoms with Crippen molar-refractivity contribution >= 4 is 6.08 Å². The van der Waals surface area contributed by atoms with Crippen molar-refractivity contribution in [1.82, 2.24) is 0 Å². The maximum absolute atomic E-state index is 6.04. The van der Waals surface area contributed by atoms with E-state index >= 15 is 0 Å². The molecule has 1 aromatic carbocycles. The van der Waals surface area contributed by atoms with Gasteiger partial charge in [-0.25, -0.2) is 0 Å². The Morgan fingerprint density at radius 2 is 1.89 bits per heavy atom. The molecule has 18 heavy (non-hydrogen) atoms. The normalized spacial score (nSPS) is 19.2. The minimum Gasteiger partial charge on any atom is -0.456 e. The molecule has 2 aliphatic rings. The van der Waals surface area contributed by atoms with E-state index in [1.54, 1.807) is 0 Å². The van der Waals surface area contributed by atoms with Gasteiger partial charge >= 0.3 is 0 Å². The van der Waals surface area contributed by atoms with Gasteiger partial charge in [-0.2, -0.15) is 0 Å². The summed E-state index contributed by atoms with van der Waals surface area (Å²) in [6, 6.07) is 8.18. The fraction of sp³-hybridized carbons (Fsp3) is 0.294. The third-order valence-corrected chi connectivity index (χ3v) is 4.06. The lowest BCUT2D eigenvalue weighted by Gasteiger charge is -2.31. The highest BCUT2D eigenvalue weighted by Gasteiger charge is 2.28. The SMILES string of the molecule is CCC1(CC)C=CC2=Cc3ccccc3OC2=C1. The summed E-state index contributed by atoms with van der Waals surface area (Å²) in [5.41, 5.74) is 2.51. The van der Waals surface area contributed by atoms with Gasteiger partial charge in [0.1, 0.15) is 11.5 Å². The monoisotopic (exact) mass is 238 g/mol. The predicted molar refractivity (Wildman–Crippen MR) is 75.3 cm³/mol. The second-order valence-corrected chi connectivity index (χ2v) is 5.02. The average Bonchev–Trinajstić information content (AvgIpc) is 2.44. The first kappa shape index (κ1) is 11.3. The van der Waals surface area contributed by atoms with E-state index in [4.69, 9.17) is 4.74 Å². The van der Waals surface area contributed by atoms with Crippen LogP contribution >= 0.6 is 0 Å². The van der Waals surface area contributed by atoms with Crippen LogP contribution in [-0.2, 0) is 0 Å². The van der Waals surface area contributed by atoms with Crippen LogP contribution in [0.2, 0.25) is 0 Å². The Labute approximate surface area is 108 Å². The van der Waals surface area contributed by atoms with Gasteiger partial charge in [-0.05, 0) is 31.1 Å². The smallest absolute Gasteiger partial charge is 0.134 e. The van der Waals surface area contributed by atoms with Crippen molar-refractivity contribution in [2.24, 2.45) is 5.41 Å². The van der Waals surface area contributed by atoms with Gasteiger partial charge in [-0.1, -0.05) is 44.2 Å². The van der Waals surface area contributed by atoms with Gasteiger partial charge in [0.2, 0.25) is 0 Å². The number of hydrogen-bond acceptors (Lipinski definition) is 1. The Hall–Kier alpha value is -1.76. The molecule has 3 rings (SSSR count). The van der Waals surface area contributed by atoms with Crippen LogP contribution in [0, 0.1) is 5.41 Å². The Balaban J connectivity index is 2.06. The first-order chi connectivity index (χ1) is 8.76. The highest BCUT2D eigenvalue weighted by molar-refractivity contribution is 5.70. The molecule has 0 atom stereocenters. The van der Waals surface area contributed by atoms with Crippen LogP contribution < -0.4 is 4.74 Å². The summed E-state index contributed by atoms with van der Waals surface area (Å²) in [6.07, 6.45) is 11.2. The predicted octanol–water partition coefficient (Wildman–Crippen LogP) is 4.72. The van der Waals surface area contributed by atoms with Gasteiger partial charge < -0.3 is 4.74 Å². The summed E-state index contributed by atoms with van der Waals surface area (Å²) in [5, 5.41) is 0. The van der Waals surface area contributed by atoms with E-state index in [1.807, 2.05) is 18.2 Å². The second kappa shape index (κ2) is 4.16. The first-order valence-electron chi connectivity index (χ1n) is 6.67. The molecule has 0 amide bonds. The maximum atomic E-state index is 6.04. The summed E-state index contributed by atoms with van der Waals surface area (Å²) < 4.78 is 6.04. The van der Waals surface area contributed by atoms with Crippen molar-refractivity contribution < 1.29 is 4.74 Å². The molecule has 0 N–H and O–H groups in total. The standard InChI is InChI=1S/C17H18O/c1-3-17(4-2)10-9-14-11-13-7-5-6-8-15(13)18-16(14)12-17/h5-12H,3-4H2,1-2H3. The molecule has 0 saturated carbocycles. The number of allylic oxidation sites excluding steroid dienone is 3. The minimum absolute atomic E-state index is 0.166. The lowest BCUT2D eigenvalue weighted by molar-refractivity contribution is 0.387. The zero-order valence-electron chi connectivity index (χ0n) is 10.9. The summed E-state index contributed by atoms with van der Waals surface area (Å²) in [6.45, 7) is 4.47. The van der Waals surface area contributed by atoms with Crippen molar-refractivity contribution in [3.8, 4) is 5.75 Å². The molecular formula is C17H18O. The largest absolute Gasteiger partial charge is 0.456 e. The van der Waals surface area contributed by atoms with Crippen molar-refractivity contribution in [3.63, 3.8) is 0 Å². The summed E-state index contributed by atoms with van der Waals surface area (Å²) in [4.78, 5) is 0. The highest BCUT2D eigenvalue weighted by Crippen LogP contribution is 2.41. The van der Waals surface area contributed by atoms with E-state index in [0.717, 1.165) is 29.9 Å². The summed E-state index contributed by atoms with van der Waals surface area (Å²) in [7, 11) is 0. The molecule has 0 fully saturated rings. The molecule has 0 bridgehead atoms. The number of rotatable bonds is 2. The third-order valence-electron chi connectivity index (χ3n) is 4.06. The van der Waals surface area contributed by atoms with E-state index in [1.165, 1.54) is 5.57 Å². The molecular weight excluding hydrogens is 220 g/mol. The second-order valence-electron chi connectivity index (χ2n) is 5.02. The van der Waals surface area contributed by atoms with E-state index < -0.39 is 0 Å². The lowest BCUT2D eigenvalue weighted by Crippen LogP contribution is -2.19. The molecule has 1 aliphatic heterocycles. The van der Waals surface area contributed by atoms with E-state index in [2.05, 4.69) is 44.2 Å². The fourth-order valence-corrected chi connectivity index (χ4v) is 2.61. The van der Waals surface area contributed by atoms with Crippen LogP contribution in [0.1, 0.15) is 32.3 Å². The van der Waals surface area contributed by atoms with Gasteiger partial charge in [-0.3, -0.25) is 0 Å². The molecule has 0 saturated heterocycles. The molecule has 0 unspecified atom stereocenters. The highest BCUT2D eigenvalue weighted by atomic mass is 16.5. The fourth-order valence-electron chi connectivity index (χ4n) is 2.61. The zero-order chi connectivity index (χ0) is 12.6. The number of ether oxygens (including phenoxy) is 1. The minimum atomic E-state index is 0.166. The molecule has 1 heteroatoms. The molecule has 0 aromatic heterocycles.